The number of aryl methyl sites for hydroxylation is 1. The quantitative estimate of drug-likeness (QED) is 0.0177. The summed E-state index contributed by atoms with van der Waals surface area (Å²) in [4.78, 5) is 5.89. The van der Waals surface area contributed by atoms with Crippen LogP contribution >= 0.6 is 23.2 Å². The number of aliphatic hydroxyl groups excluding tert-OH is 9. The first-order valence-corrected chi connectivity index (χ1v) is 30.1. The van der Waals surface area contributed by atoms with Crippen molar-refractivity contribution < 1.29 is 46.0 Å². The molecule has 0 amide bonds. The molecule has 8 aromatic rings. The summed E-state index contributed by atoms with van der Waals surface area (Å²) >= 11 is 12.2. The van der Waals surface area contributed by atoms with Gasteiger partial charge in [-0.15, -0.1) is 0 Å². The van der Waals surface area contributed by atoms with Crippen LogP contribution in [0.3, 0.4) is 0 Å². The zero-order chi connectivity index (χ0) is 61.3. The SMILES string of the molecule is OCCCc1ccc(C(c2ccc(Cl)cc2)c2ccc(N(CCO)CCO)cc2)cc1.OCCNc1ccc(C(c2ccc(Cl)cc2)c2ccc(N(CCO)CCO)cc2)cc1.OCCNc1ccc(Cc2ccc(N(CCO)CCO)cc2)cc1. The van der Waals surface area contributed by atoms with Crippen molar-refractivity contribution >= 4 is 51.6 Å². The van der Waals surface area contributed by atoms with Gasteiger partial charge < -0.3 is 71.3 Å². The van der Waals surface area contributed by atoms with Crippen LogP contribution in [0.4, 0.5) is 28.4 Å². The Labute approximate surface area is 517 Å². The van der Waals surface area contributed by atoms with Gasteiger partial charge in [-0.05, 0) is 154 Å². The van der Waals surface area contributed by atoms with Gasteiger partial charge in [0.25, 0.3) is 0 Å². The summed E-state index contributed by atoms with van der Waals surface area (Å²) in [5, 5.41) is 90.1. The van der Waals surface area contributed by atoms with Crippen molar-refractivity contribution in [2.45, 2.75) is 31.1 Å². The maximum atomic E-state index is 9.32. The molecule has 0 aliphatic carbocycles. The van der Waals surface area contributed by atoms with E-state index in [0.717, 1.165) is 75.5 Å². The van der Waals surface area contributed by atoms with Gasteiger partial charge in [0.15, 0.2) is 0 Å². The number of hydrogen-bond donors (Lipinski definition) is 11. The van der Waals surface area contributed by atoms with Crippen LogP contribution in [0.1, 0.15) is 68.3 Å². The van der Waals surface area contributed by atoms with Gasteiger partial charge in [-0.1, -0.05) is 132 Å². The molecule has 0 radical (unpaired) electrons. The molecule has 0 saturated carbocycles. The number of nitrogens with zero attached hydrogens (tertiary/aromatic N) is 3. The van der Waals surface area contributed by atoms with E-state index in [4.69, 9.17) is 48.7 Å². The molecule has 86 heavy (non-hydrogen) atoms. The molecule has 8 rings (SSSR count). The molecule has 0 aliphatic rings. The first-order valence-electron chi connectivity index (χ1n) is 29.4. The van der Waals surface area contributed by atoms with Crippen molar-refractivity contribution in [2.75, 3.05) is 137 Å². The van der Waals surface area contributed by atoms with Crippen LogP contribution in [-0.4, -0.2) is 158 Å². The van der Waals surface area contributed by atoms with E-state index in [-0.39, 0.29) is 71.3 Å². The minimum Gasteiger partial charge on any atom is -0.396 e. The second-order valence-electron chi connectivity index (χ2n) is 20.5. The lowest BCUT2D eigenvalue weighted by molar-refractivity contribution is 0.280. The number of aliphatic hydroxyl groups is 9. The first kappa shape index (κ1) is 68.1. The highest BCUT2D eigenvalue weighted by Crippen LogP contribution is 2.36. The van der Waals surface area contributed by atoms with Gasteiger partial charge in [-0.2, -0.15) is 0 Å². The van der Waals surface area contributed by atoms with E-state index in [9.17, 15) is 20.4 Å². The summed E-state index contributed by atoms with van der Waals surface area (Å²) in [6.07, 6.45) is 2.47. The molecule has 8 aromatic carbocycles. The van der Waals surface area contributed by atoms with E-state index in [0.29, 0.717) is 62.4 Å². The summed E-state index contributed by atoms with van der Waals surface area (Å²) in [7, 11) is 0. The van der Waals surface area contributed by atoms with Crippen molar-refractivity contribution in [2.24, 2.45) is 0 Å². The Hall–Kier alpha value is -7.02. The standard InChI is InChI=1S/C26H30ClNO3.C25H29ClN2O3.C19H26N2O3/c27-24-11-7-22(8-12-24)26(21-5-3-20(4-6-21)2-1-17-29)23-9-13-25(14-10-23)28(15-18-30)16-19-31;26-22-7-1-19(2-8-22)25(20-3-9-23(10-4-20)27-13-16-29)21-5-11-24(12-6-21)28(14-17-30)15-18-31;22-12-9-20-18-5-1-16(2-6-18)15-17-3-7-19(8-4-17)21(10-13-23)11-14-24/h3-14,26,29-31H,1-2,15-19H2;1-12,25,27,29-31H,13-18H2;1-8,20,22-24H,9-15H2. The summed E-state index contributed by atoms with van der Waals surface area (Å²) in [6, 6.07) is 65.6. The van der Waals surface area contributed by atoms with Crippen LogP contribution in [0.5, 0.6) is 0 Å². The second-order valence-corrected chi connectivity index (χ2v) is 21.4. The molecule has 0 aromatic heterocycles. The Bertz CT molecular complexity index is 2900. The fraction of sp³-hybridized carbons (Fsp3) is 0.314. The van der Waals surface area contributed by atoms with E-state index in [1.807, 2.05) is 112 Å². The fourth-order valence-corrected chi connectivity index (χ4v) is 10.5. The number of nitrogens with one attached hydrogen (secondary N) is 2. The normalized spacial score (nSPS) is 11.6. The fourth-order valence-electron chi connectivity index (χ4n) is 10.2. The van der Waals surface area contributed by atoms with Crippen LogP contribution in [0.25, 0.3) is 0 Å². The van der Waals surface area contributed by atoms with Gasteiger partial charge in [0.05, 0.1) is 52.9 Å². The predicted molar refractivity (Wildman–Crippen MR) is 352 cm³/mol. The molecule has 14 nitrogen and oxygen atoms in total. The Kier molecular flexibility index (Phi) is 30.3. The third kappa shape index (κ3) is 21.7. The second kappa shape index (κ2) is 38.2. The van der Waals surface area contributed by atoms with Crippen molar-refractivity contribution in [1.82, 2.24) is 0 Å². The largest absolute Gasteiger partial charge is 0.396 e. The number of rotatable bonds is 32. The maximum Gasteiger partial charge on any atom is 0.0606 e. The van der Waals surface area contributed by atoms with E-state index in [1.54, 1.807) is 0 Å². The van der Waals surface area contributed by atoms with E-state index in [2.05, 4.69) is 108 Å². The van der Waals surface area contributed by atoms with Crippen molar-refractivity contribution in [3.8, 4) is 0 Å². The molecule has 0 fully saturated rings. The van der Waals surface area contributed by atoms with Crippen LogP contribution in [0, 0.1) is 0 Å². The molecule has 2 unspecified atom stereocenters. The van der Waals surface area contributed by atoms with E-state index in [1.165, 1.54) is 22.3 Å². The highest BCUT2D eigenvalue weighted by molar-refractivity contribution is 6.30. The molecule has 0 aliphatic heterocycles. The molecular weight excluding hydrogens is 1130 g/mol. The van der Waals surface area contributed by atoms with Gasteiger partial charge in [0, 0.05) is 109 Å². The summed E-state index contributed by atoms with van der Waals surface area (Å²) in [5.41, 5.74) is 15.5. The predicted octanol–water partition coefficient (Wildman–Crippen LogP) is 9.42. The third-order valence-corrected chi connectivity index (χ3v) is 15.0. The number of anilines is 5. The molecule has 0 heterocycles. The molecule has 0 saturated heterocycles. The summed E-state index contributed by atoms with van der Waals surface area (Å²) in [6.45, 7) is 4.71. The van der Waals surface area contributed by atoms with Gasteiger partial charge in [0.2, 0.25) is 0 Å². The molecule has 16 heteroatoms. The van der Waals surface area contributed by atoms with Gasteiger partial charge in [0.1, 0.15) is 0 Å². The van der Waals surface area contributed by atoms with Gasteiger partial charge in [-0.3, -0.25) is 0 Å². The topological polar surface area (TPSA) is 216 Å². The van der Waals surface area contributed by atoms with Crippen molar-refractivity contribution in [3.05, 3.63) is 254 Å². The van der Waals surface area contributed by atoms with E-state index >= 15 is 0 Å². The highest BCUT2D eigenvalue weighted by atomic mass is 35.5. The van der Waals surface area contributed by atoms with E-state index < -0.39 is 0 Å². The summed E-state index contributed by atoms with van der Waals surface area (Å²) < 4.78 is 0. The Morgan fingerprint density at radius 1 is 0.291 bits per heavy atom. The first-order chi connectivity index (χ1) is 42.1. The van der Waals surface area contributed by atoms with Crippen molar-refractivity contribution in [3.63, 3.8) is 0 Å². The molecular formula is C70H85Cl2N5O9. The number of benzene rings is 8. The van der Waals surface area contributed by atoms with Crippen LogP contribution in [0.2, 0.25) is 10.0 Å². The third-order valence-electron chi connectivity index (χ3n) is 14.5. The Morgan fingerprint density at radius 2 is 0.547 bits per heavy atom. The van der Waals surface area contributed by atoms with Crippen molar-refractivity contribution in [1.29, 1.82) is 0 Å². The lowest BCUT2D eigenvalue weighted by Crippen LogP contribution is -2.29. The lowest BCUT2D eigenvalue weighted by Gasteiger charge is -2.24. The monoisotopic (exact) mass is 1210 g/mol. The zero-order valence-corrected chi connectivity index (χ0v) is 50.4. The molecule has 458 valence electrons. The zero-order valence-electron chi connectivity index (χ0n) is 48.9. The van der Waals surface area contributed by atoms with Crippen LogP contribution < -0.4 is 25.3 Å². The minimum absolute atomic E-state index is 0.0299. The Balaban J connectivity index is 0.000000208. The summed E-state index contributed by atoms with van der Waals surface area (Å²) in [5.74, 6) is 0.0877. The molecule has 11 N–H and O–H groups in total. The molecule has 0 spiro atoms. The number of hydrogen-bond acceptors (Lipinski definition) is 14. The van der Waals surface area contributed by atoms with Gasteiger partial charge in [-0.25, -0.2) is 0 Å². The van der Waals surface area contributed by atoms with Crippen LogP contribution in [-0.2, 0) is 12.8 Å². The minimum atomic E-state index is 0.0299. The lowest BCUT2D eigenvalue weighted by atomic mass is 9.84. The average molecular weight is 1210 g/mol. The molecule has 2 atom stereocenters. The maximum absolute atomic E-state index is 9.32. The highest BCUT2D eigenvalue weighted by Gasteiger charge is 2.20. The molecule has 0 bridgehead atoms. The Morgan fingerprint density at radius 3 is 0.849 bits per heavy atom. The smallest absolute Gasteiger partial charge is 0.0606 e. The van der Waals surface area contributed by atoms with Gasteiger partial charge >= 0.3 is 0 Å². The average Bonchev–Trinajstić information content (AvgIpc) is 2.35. The van der Waals surface area contributed by atoms with Crippen LogP contribution in [0.15, 0.2) is 194 Å². The number of halogens is 2.